The van der Waals surface area contributed by atoms with Gasteiger partial charge in [0.05, 0.1) is 0 Å². The minimum atomic E-state index is -2.46. The molecule has 0 N–H and O–H groups in total. The highest BCUT2D eigenvalue weighted by Gasteiger charge is 2.17. The van der Waals surface area contributed by atoms with Gasteiger partial charge in [0, 0.05) is 12.2 Å². The van der Waals surface area contributed by atoms with Gasteiger partial charge in [-0.2, -0.15) is 5.10 Å². The Kier molecular flexibility index (Phi) is 2.45. The maximum Gasteiger partial charge on any atom is 0.282 e. The van der Waals surface area contributed by atoms with Crippen molar-refractivity contribution in [1.29, 1.82) is 0 Å². The van der Waals surface area contributed by atoms with Gasteiger partial charge in [-0.25, -0.2) is 8.78 Å². The predicted molar refractivity (Wildman–Crippen MR) is 42.3 cm³/mol. The van der Waals surface area contributed by atoms with E-state index in [9.17, 15) is 8.78 Å². The molecule has 0 unspecified atom stereocenters. The van der Waals surface area contributed by atoms with Gasteiger partial charge >= 0.3 is 0 Å². The maximum atomic E-state index is 12.3. The number of rotatable bonds is 2. The smallest absolute Gasteiger partial charge is 0.269 e. The fourth-order valence-electron chi connectivity index (χ4n) is 1.17. The lowest BCUT2D eigenvalue weighted by Crippen LogP contribution is -1.99. The summed E-state index contributed by atoms with van der Waals surface area (Å²) in [6, 6.07) is 0. The van der Waals surface area contributed by atoms with E-state index in [2.05, 4.69) is 5.10 Å². The summed E-state index contributed by atoms with van der Waals surface area (Å²) in [5, 5.41) is 3.79. The molecule has 68 valence electrons. The van der Waals surface area contributed by atoms with E-state index in [-0.39, 0.29) is 5.69 Å². The van der Waals surface area contributed by atoms with Gasteiger partial charge < -0.3 is 0 Å². The van der Waals surface area contributed by atoms with Crippen LogP contribution in [-0.2, 0) is 6.54 Å². The van der Waals surface area contributed by atoms with E-state index in [0.29, 0.717) is 12.1 Å². The summed E-state index contributed by atoms with van der Waals surface area (Å²) in [6.07, 6.45) is -2.46. The van der Waals surface area contributed by atoms with Crippen molar-refractivity contribution in [2.75, 3.05) is 0 Å². The molecule has 0 aliphatic carbocycles. The molecule has 1 aromatic rings. The van der Waals surface area contributed by atoms with Crippen LogP contribution >= 0.6 is 0 Å². The van der Waals surface area contributed by atoms with Crippen LogP contribution in [0.1, 0.15) is 30.3 Å². The SMILES string of the molecule is CCn1nc(C(F)F)c(C)c1C. The number of aryl methyl sites for hydroxylation is 1. The van der Waals surface area contributed by atoms with Gasteiger partial charge in [0.1, 0.15) is 5.69 Å². The van der Waals surface area contributed by atoms with Crippen molar-refractivity contribution >= 4 is 0 Å². The highest BCUT2D eigenvalue weighted by molar-refractivity contribution is 5.24. The number of aromatic nitrogens is 2. The van der Waals surface area contributed by atoms with E-state index < -0.39 is 6.43 Å². The standard InChI is InChI=1S/C8H12F2N2/c1-4-12-6(3)5(2)7(11-12)8(9)10/h8H,4H2,1-3H3. The monoisotopic (exact) mass is 174 g/mol. The molecule has 0 aromatic carbocycles. The van der Waals surface area contributed by atoms with E-state index in [0.717, 1.165) is 5.69 Å². The van der Waals surface area contributed by atoms with Crippen LogP contribution in [0.25, 0.3) is 0 Å². The van der Waals surface area contributed by atoms with Crippen LogP contribution in [0.3, 0.4) is 0 Å². The summed E-state index contributed by atoms with van der Waals surface area (Å²) in [7, 11) is 0. The first-order chi connectivity index (χ1) is 5.57. The Morgan fingerprint density at radius 2 is 2.00 bits per heavy atom. The maximum absolute atomic E-state index is 12.3. The normalized spacial score (nSPS) is 11.2. The molecule has 12 heavy (non-hydrogen) atoms. The Hall–Kier alpha value is -0.930. The third kappa shape index (κ3) is 1.33. The van der Waals surface area contributed by atoms with Crippen LogP contribution in [-0.4, -0.2) is 9.78 Å². The molecule has 0 saturated carbocycles. The average molecular weight is 174 g/mol. The molecule has 0 radical (unpaired) electrons. The predicted octanol–water partition coefficient (Wildman–Crippen LogP) is 2.46. The number of halogens is 2. The molecule has 0 fully saturated rings. The summed E-state index contributed by atoms with van der Waals surface area (Å²) in [6.45, 7) is 6.00. The molecule has 1 rings (SSSR count). The number of alkyl halides is 2. The molecule has 4 heteroatoms. The van der Waals surface area contributed by atoms with Gasteiger partial charge in [0.2, 0.25) is 0 Å². The van der Waals surface area contributed by atoms with Crippen LogP contribution < -0.4 is 0 Å². The van der Waals surface area contributed by atoms with E-state index >= 15 is 0 Å². The highest BCUT2D eigenvalue weighted by atomic mass is 19.3. The summed E-state index contributed by atoms with van der Waals surface area (Å²) < 4.78 is 26.2. The van der Waals surface area contributed by atoms with Gasteiger partial charge in [0.15, 0.2) is 0 Å². The summed E-state index contributed by atoms with van der Waals surface area (Å²) in [5.41, 5.74) is 1.34. The molecule has 1 heterocycles. The third-order valence-electron chi connectivity index (χ3n) is 2.05. The van der Waals surface area contributed by atoms with Gasteiger partial charge in [-0.05, 0) is 26.3 Å². The second-order valence-electron chi connectivity index (χ2n) is 2.71. The Labute approximate surface area is 70.2 Å². The second-order valence-corrected chi connectivity index (χ2v) is 2.71. The van der Waals surface area contributed by atoms with E-state index in [1.165, 1.54) is 0 Å². The molecule has 0 aliphatic heterocycles. The van der Waals surface area contributed by atoms with Crippen LogP contribution in [0, 0.1) is 13.8 Å². The van der Waals surface area contributed by atoms with Crippen molar-refractivity contribution < 1.29 is 8.78 Å². The summed E-state index contributed by atoms with van der Waals surface area (Å²) in [5.74, 6) is 0. The molecule has 1 aromatic heterocycles. The lowest BCUT2D eigenvalue weighted by molar-refractivity contribution is 0.144. The van der Waals surface area contributed by atoms with Crippen molar-refractivity contribution in [1.82, 2.24) is 9.78 Å². The van der Waals surface area contributed by atoms with Gasteiger partial charge in [-0.3, -0.25) is 4.68 Å². The van der Waals surface area contributed by atoms with Gasteiger partial charge in [-0.15, -0.1) is 0 Å². The topological polar surface area (TPSA) is 17.8 Å². The van der Waals surface area contributed by atoms with Gasteiger partial charge in [0.25, 0.3) is 6.43 Å². The number of nitrogens with zero attached hydrogens (tertiary/aromatic N) is 2. The van der Waals surface area contributed by atoms with Gasteiger partial charge in [-0.1, -0.05) is 0 Å². The van der Waals surface area contributed by atoms with Crippen LogP contribution in [0.2, 0.25) is 0 Å². The molecular weight excluding hydrogens is 162 g/mol. The van der Waals surface area contributed by atoms with E-state index in [4.69, 9.17) is 0 Å². The molecule has 0 amide bonds. The van der Waals surface area contributed by atoms with E-state index in [1.807, 2.05) is 6.92 Å². The zero-order valence-corrected chi connectivity index (χ0v) is 7.43. The van der Waals surface area contributed by atoms with Crippen molar-refractivity contribution in [2.45, 2.75) is 33.7 Å². The third-order valence-corrected chi connectivity index (χ3v) is 2.05. The van der Waals surface area contributed by atoms with Crippen molar-refractivity contribution in [3.8, 4) is 0 Å². The quantitative estimate of drug-likeness (QED) is 0.673. The fourth-order valence-corrected chi connectivity index (χ4v) is 1.17. The molecule has 0 saturated heterocycles. The first kappa shape index (κ1) is 9.16. The molecular formula is C8H12F2N2. The largest absolute Gasteiger partial charge is 0.282 e. The first-order valence-corrected chi connectivity index (χ1v) is 3.90. The Morgan fingerprint density at radius 1 is 1.42 bits per heavy atom. The molecule has 0 spiro atoms. The molecule has 2 nitrogen and oxygen atoms in total. The Balaban J connectivity index is 3.16. The second kappa shape index (κ2) is 3.21. The number of hydrogen-bond donors (Lipinski definition) is 0. The van der Waals surface area contributed by atoms with E-state index in [1.54, 1.807) is 18.5 Å². The van der Waals surface area contributed by atoms with Crippen molar-refractivity contribution in [3.05, 3.63) is 17.0 Å². The Morgan fingerprint density at radius 3 is 2.25 bits per heavy atom. The first-order valence-electron chi connectivity index (χ1n) is 3.90. The zero-order valence-electron chi connectivity index (χ0n) is 7.43. The van der Waals surface area contributed by atoms with Crippen LogP contribution in [0.5, 0.6) is 0 Å². The molecule has 0 bridgehead atoms. The summed E-state index contributed by atoms with van der Waals surface area (Å²) >= 11 is 0. The molecule has 0 atom stereocenters. The number of hydrogen-bond acceptors (Lipinski definition) is 1. The zero-order chi connectivity index (χ0) is 9.30. The van der Waals surface area contributed by atoms with Crippen LogP contribution in [0.15, 0.2) is 0 Å². The minimum absolute atomic E-state index is 0.0886. The van der Waals surface area contributed by atoms with Crippen LogP contribution in [0.4, 0.5) is 8.78 Å². The van der Waals surface area contributed by atoms with Crippen molar-refractivity contribution in [2.24, 2.45) is 0 Å². The van der Waals surface area contributed by atoms with Crippen molar-refractivity contribution in [3.63, 3.8) is 0 Å². The lowest BCUT2D eigenvalue weighted by Gasteiger charge is -1.96. The average Bonchev–Trinajstić information content (AvgIpc) is 2.30. The summed E-state index contributed by atoms with van der Waals surface area (Å²) in [4.78, 5) is 0. The molecule has 0 aliphatic rings. The fraction of sp³-hybridized carbons (Fsp3) is 0.625. The highest BCUT2D eigenvalue weighted by Crippen LogP contribution is 2.23. The lowest BCUT2D eigenvalue weighted by atomic mass is 10.2. The minimum Gasteiger partial charge on any atom is -0.269 e. The Bertz CT molecular complexity index is 279.